The molecule has 7 nitrogen and oxygen atoms in total. The molecule has 1 saturated heterocycles. The number of nitrogens with two attached hydrogens (primary N) is 1. The fourth-order valence-electron chi connectivity index (χ4n) is 2.23. The van der Waals surface area contributed by atoms with Crippen LogP contribution in [0.15, 0.2) is 4.52 Å². The first kappa shape index (κ1) is 13.0. The van der Waals surface area contributed by atoms with Gasteiger partial charge in [-0.15, -0.1) is 0 Å². The zero-order valence-electron chi connectivity index (χ0n) is 10.6. The number of aromatic nitrogens is 2. The Kier molecular flexibility index (Phi) is 3.93. The molecule has 2 N–H and O–H groups in total. The molecule has 0 aliphatic carbocycles. The van der Waals surface area contributed by atoms with E-state index in [4.69, 9.17) is 15.0 Å². The molecule has 2 rings (SSSR count). The van der Waals surface area contributed by atoms with E-state index in [-0.39, 0.29) is 23.9 Å². The Bertz CT molecular complexity index is 420. The van der Waals surface area contributed by atoms with E-state index >= 15 is 0 Å². The Morgan fingerprint density at radius 3 is 3.00 bits per heavy atom. The lowest BCUT2D eigenvalue weighted by Crippen LogP contribution is -2.51. The van der Waals surface area contributed by atoms with Crippen molar-refractivity contribution in [1.82, 2.24) is 15.0 Å². The standard InChI is InChI=1S/C11H18N4O3/c1-7-13-10(14-18-7)11(16)15-4-3-9(17-2)5-8(15)6-12/h8-9H,3-6,12H2,1-2H3. The monoisotopic (exact) mass is 254 g/mol. The van der Waals surface area contributed by atoms with E-state index in [1.807, 2.05) is 0 Å². The second-order valence-electron chi connectivity index (χ2n) is 4.41. The third-order valence-corrected chi connectivity index (χ3v) is 3.25. The molecular formula is C11H18N4O3. The Morgan fingerprint density at radius 2 is 2.44 bits per heavy atom. The summed E-state index contributed by atoms with van der Waals surface area (Å²) in [6.45, 7) is 2.66. The minimum absolute atomic E-state index is 0.0324. The average molecular weight is 254 g/mol. The van der Waals surface area contributed by atoms with Gasteiger partial charge in [-0.25, -0.2) is 0 Å². The van der Waals surface area contributed by atoms with E-state index in [9.17, 15) is 4.79 Å². The van der Waals surface area contributed by atoms with Gasteiger partial charge >= 0.3 is 0 Å². The molecule has 2 heterocycles. The number of carbonyl (C=O) groups is 1. The van der Waals surface area contributed by atoms with Gasteiger partial charge in [0.05, 0.1) is 6.10 Å². The number of methoxy groups -OCH3 is 1. The summed E-state index contributed by atoms with van der Waals surface area (Å²) in [7, 11) is 1.68. The van der Waals surface area contributed by atoms with Crippen LogP contribution in [0.1, 0.15) is 29.4 Å². The van der Waals surface area contributed by atoms with Gasteiger partial charge in [0.25, 0.3) is 11.7 Å². The highest BCUT2D eigenvalue weighted by atomic mass is 16.5. The molecule has 18 heavy (non-hydrogen) atoms. The van der Waals surface area contributed by atoms with Gasteiger partial charge in [0.15, 0.2) is 0 Å². The number of ether oxygens (including phenoxy) is 1. The van der Waals surface area contributed by atoms with Crippen LogP contribution in [0.3, 0.4) is 0 Å². The number of nitrogens with zero attached hydrogens (tertiary/aromatic N) is 3. The van der Waals surface area contributed by atoms with E-state index in [2.05, 4.69) is 10.1 Å². The van der Waals surface area contributed by atoms with Crippen molar-refractivity contribution in [3.63, 3.8) is 0 Å². The predicted octanol–water partition coefficient (Wildman–Crippen LogP) is -0.0437. The third-order valence-electron chi connectivity index (χ3n) is 3.25. The summed E-state index contributed by atoms with van der Waals surface area (Å²) >= 11 is 0. The molecule has 0 spiro atoms. The van der Waals surface area contributed by atoms with E-state index in [0.29, 0.717) is 19.0 Å². The van der Waals surface area contributed by atoms with E-state index in [0.717, 1.165) is 12.8 Å². The summed E-state index contributed by atoms with van der Waals surface area (Å²) in [5.41, 5.74) is 5.72. The van der Waals surface area contributed by atoms with Gasteiger partial charge in [-0.3, -0.25) is 4.79 Å². The Labute approximate surface area is 105 Å². The van der Waals surface area contributed by atoms with Crippen molar-refractivity contribution in [2.45, 2.75) is 31.9 Å². The van der Waals surface area contributed by atoms with Crippen LogP contribution < -0.4 is 5.73 Å². The van der Waals surface area contributed by atoms with Gasteiger partial charge < -0.3 is 19.9 Å². The highest BCUT2D eigenvalue weighted by Crippen LogP contribution is 2.20. The first-order valence-corrected chi connectivity index (χ1v) is 5.99. The summed E-state index contributed by atoms with van der Waals surface area (Å²) in [5, 5.41) is 3.65. The fraction of sp³-hybridized carbons (Fsp3) is 0.727. The Morgan fingerprint density at radius 1 is 1.67 bits per heavy atom. The largest absolute Gasteiger partial charge is 0.381 e. The summed E-state index contributed by atoms with van der Waals surface area (Å²) in [6.07, 6.45) is 1.71. The third kappa shape index (κ3) is 2.51. The molecule has 0 saturated carbocycles. The first-order chi connectivity index (χ1) is 8.65. The smallest absolute Gasteiger partial charge is 0.295 e. The zero-order valence-corrected chi connectivity index (χ0v) is 10.6. The van der Waals surface area contributed by atoms with Crippen LogP contribution in [0, 0.1) is 6.92 Å². The molecule has 0 aromatic carbocycles. The molecule has 0 radical (unpaired) electrons. The van der Waals surface area contributed by atoms with Crippen molar-refractivity contribution in [2.24, 2.45) is 5.73 Å². The van der Waals surface area contributed by atoms with Crippen LogP contribution in [0.4, 0.5) is 0 Å². The minimum Gasteiger partial charge on any atom is -0.381 e. The topological polar surface area (TPSA) is 94.5 Å². The van der Waals surface area contributed by atoms with Crippen LogP contribution >= 0.6 is 0 Å². The summed E-state index contributed by atoms with van der Waals surface area (Å²) in [5.74, 6) is 0.257. The predicted molar refractivity (Wildman–Crippen MR) is 62.9 cm³/mol. The molecule has 1 amide bonds. The van der Waals surface area contributed by atoms with Crippen LogP contribution in [0.2, 0.25) is 0 Å². The molecule has 2 atom stereocenters. The molecule has 1 aliphatic rings. The maximum atomic E-state index is 12.2. The summed E-state index contributed by atoms with van der Waals surface area (Å²) in [6, 6.07) is -0.0324. The van der Waals surface area contributed by atoms with Gasteiger partial charge in [0.1, 0.15) is 0 Å². The molecule has 1 aromatic rings. The van der Waals surface area contributed by atoms with Gasteiger partial charge in [-0.05, 0) is 12.8 Å². The van der Waals surface area contributed by atoms with E-state index in [1.165, 1.54) is 0 Å². The van der Waals surface area contributed by atoms with E-state index in [1.54, 1.807) is 18.9 Å². The SMILES string of the molecule is COC1CCN(C(=O)c2noc(C)n2)C(CN)C1. The number of piperidine rings is 1. The molecule has 1 aromatic heterocycles. The van der Waals surface area contributed by atoms with Crippen molar-refractivity contribution in [3.8, 4) is 0 Å². The molecule has 100 valence electrons. The normalized spacial score (nSPS) is 24.3. The van der Waals surface area contributed by atoms with Crippen LogP contribution in [-0.2, 0) is 4.74 Å². The summed E-state index contributed by atoms with van der Waals surface area (Å²) in [4.78, 5) is 17.9. The second-order valence-corrected chi connectivity index (χ2v) is 4.41. The van der Waals surface area contributed by atoms with Gasteiger partial charge in [-0.2, -0.15) is 4.98 Å². The highest BCUT2D eigenvalue weighted by Gasteiger charge is 2.33. The van der Waals surface area contributed by atoms with Crippen LogP contribution in [-0.4, -0.2) is 53.3 Å². The number of rotatable bonds is 3. The van der Waals surface area contributed by atoms with Gasteiger partial charge in [0.2, 0.25) is 5.89 Å². The van der Waals surface area contributed by atoms with Crippen molar-refractivity contribution in [2.75, 3.05) is 20.2 Å². The Balaban J connectivity index is 2.10. The average Bonchev–Trinajstić information content (AvgIpc) is 2.83. The fourth-order valence-corrected chi connectivity index (χ4v) is 2.23. The minimum atomic E-state index is -0.225. The molecular weight excluding hydrogens is 236 g/mol. The molecule has 2 unspecified atom stereocenters. The number of carbonyl (C=O) groups excluding carboxylic acids is 1. The number of likely N-dealkylation sites (tertiary alicyclic amines) is 1. The van der Waals surface area contributed by atoms with Crippen molar-refractivity contribution < 1.29 is 14.1 Å². The lowest BCUT2D eigenvalue weighted by molar-refractivity contribution is 0.0132. The second kappa shape index (κ2) is 5.45. The Hall–Kier alpha value is -1.47. The zero-order chi connectivity index (χ0) is 13.1. The number of hydrogen-bond donors (Lipinski definition) is 1. The first-order valence-electron chi connectivity index (χ1n) is 5.99. The number of amides is 1. The molecule has 1 aliphatic heterocycles. The van der Waals surface area contributed by atoms with Crippen molar-refractivity contribution in [1.29, 1.82) is 0 Å². The lowest BCUT2D eigenvalue weighted by atomic mass is 9.99. The molecule has 1 fully saturated rings. The summed E-state index contributed by atoms with van der Waals surface area (Å²) < 4.78 is 10.1. The maximum Gasteiger partial charge on any atom is 0.295 e. The van der Waals surface area contributed by atoms with Gasteiger partial charge in [-0.1, -0.05) is 5.16 Å². The van der Waals surface area contributed by atoms with Crippen LogP contribution in [0.5, 0.6) is 0 Å². The highest BCUT2D eigenvalue weighted by molar-refractivity contribution is 5.90. The lowest BCUT2D eigenvalue weighted by Gasteiger charge is -2.37. The quantitative estimate of drug-likeness (QED) is 0.813. The number of hydrogen-bond acceptors (Lipinski definition) is 6. The number of aryl methyl sites for hydroxylation is 1. The molecule has 7 heteroatoms. The van der Waals surface area contributed by atoms with Crippen LogP contribution in [0.25, 0.3) is 0 Å². The maximum absolute atomic E-state index is 12.2. The van der Waals surface area contributed by atoms with Gasteiger partial charge in [0, 0.05) is 33.2 Å². The van der Waals surface area contributed by atoms with E-state index < -0.39 is 0 Å². The molecule has 0 bridgehead atoms. The van der Waals surface area contributed by atoms with Crippen molar-refractivity contribution >= 4 is 5.91 Å². The van der Waals surface area contributed by atoms with Crippen molar-refractivity contribution in [3.05, 3.63) is 11.7 Å².